The Kier molecular flexibility index (Phi) is 11.7. The fourth-order valence-electron chi connectivity index (χ4n) is 11.6. The predicted molar refractivity (Wildman–Crippen MR) is 269 cm³/mol. The van der Waals surface area contributed by atoms with Gasteiger partial charge in [0.25, 0.3) is 17.7 Å². The summed E-state index contributed by atoms with van der Waals surface area (Å²) in [5.74, 6) is 0.483. The van der Waals surface area contributed by atoms with Crippen molar-refractivity contribution >= 4 is 52.1 Å². The minimum atomic E-state index is -0.375. The number of aliphatic hydroxyl groups excluding tert-OH is 1. The molecule has 1 unspecified atom stereocenters. The zero-order chi connectivity index (χ0) is 48.5. The van der Waals surface area contributed by atoms with Crippen LogP contribution in [0.4, 0.5) is 34.4 Å². The van der Waals surface area contributed by atoms with Crippen molar-refractivity contribution in [3.8, 4) is 17.1 Å². The van der Waals surface area contributed by atoms with Gasteiger partial charge in [-0.1, -0.05) is 26.5 Å². The van der Waals surface area contributed by atoms with Gasteiger partial charge >= 0.3 is 0 Å². The molecule has 4 N–H and O–H groups in total. The van der Waals surface area contributed by atoms with Crippen LogP contribution in [0, 0.1) is 5.41 Å². The first-order valence-electron chi connectivity index (χ1n) is 24.2. The summed E-state index contributed by atoms with van der Waals surface area (Å²) in [6.45, 7) is 21.0. The highest BCUT2D eigenvalue weighted by Crippen LogP contribution is 2.42. The molecule has 0 spiro atoms. The molecular formula is C53H63N11O5. The van der Waals surface area contributed by atoms with Crippen LogP contribution in [0.1, 0.15) is 97.6 Å². The Hall–Kier alpha value is -6.78. The lowest BCUT2D eigenvalue weighted by atomic mass is 9.90. The quantitative estimate of drug-likeness (QED) is 0.0998. The standard InChI is InChI=1S/C53H63N11O5/c1-9-46(66)57-41-24-34(10-13-43(41)62-19-18-60(29-32(62)3)35-15-17-61(31(2)22-35)36-11-12-40-38(25-36)49(67)59-53(40,6)7)56-47-50(69-8)55-28-42(58-47)37-14-16-54-48(39(37)30-65)64-21-20-63-44(51(64)68)23-33-26-52(4,5)27-45(33)63/h9-14,16,23-25,28,31-32,35,65H,1,15,17-22,26-27,29-30H2,2-8H3,(H,56,58)(H,57,66)(H,59,67)/t31-,32+,35?/m1/s1. The number of methoxy groups -OCH3 is 1. The van der Waals surface area contributed by atoms with E-state index >= 15 is 0 Å². The van der Waals surface area contributed by atoms with E-state index in [1.165, 1.54) is 24.4 Å². The third-order valence-electron chi connectivity index (χ3n) is 15.0. The van der Waals surface area contributed by atoms with Gasteiger partial charge in [-0.15, -0.1) is 0 Å². The van der Waals surface area contributed by atoms with Crippen LogP contribution in [0.15, 0.2) is 73.6 Å². The Morgan fingerprint density at radius 1 is 0.957 bits per heavy atom. The van der Waals surface area contributed by atoms with Gasteiger partial charge in [-0.3, -0.25) is 24.2 Å². The van der Waals surface area contributed by atoms with Crippen molar-refractivity contribution < 1.29 is 24.2 Å². The highest BCUT2D eigenvalue weighted by atomic mass is 16.5. The maximum atomic E-state index is 14.1. The van der Waals surface area contributed by atoms with Crippen LogP contribution < -0.4 is 35.4 Å². The summed E-state index contributed by atoms with van der Waals surface area (Å²) in [6, 6.07) is 16.9. The minimum Gasteiger partial charge on any atom is -0.478 e. The first-order chi connectivity index (χ1) is 33.1. The van der Waals surface area contributed by atoms with E-state index in [0.717, 1.165) is 74.4 Å². The average Bonchev–Trinajstić information content (AvgIpc) is 3.91. The topological polar surface area (TPSA) is 173 Å². The van der Waals surface area contributed by atoms with Crippen molar-refractivity contribution in [3.05, 3.63) is 107 Å². The highest BCUT2D eigenvalue weighted by molar-refractivity contribution is 6.06. The molecule has 3 atom stereocenters. The van der Waals surface area contributed by atoms with Crippen LogP contribution >= 0.6 is 0 Å². The molecule has 69 heavy (non-hydrogen) atoms. The second-order valence-electron chi connectivity index (χ2n) is 20.7. The fraction of sp³-hybridized carbons (Fsp3) is 0.434. The zero-order valence-corrected chi connectivity index (χ0v) is 40.7. The summed E-state index contributed by atoms with van der Waals surface area (Å²) in [7, 11) is 1.52. The molecule has 16 heteroatoms. The molecule has 0 bridgehead atoms. The summed E-state index contributed by atoms with van der Waals surface area (Å²) in [4.78, 5) is 63.1. The normalized spacial score (nSPS) is 21.6. The Bertz CT molecular complexity index is 2890. The van der Waals surface area contributed by atoms with Crippen molar-refractivity contribution in [2.45, 2.75) is 104 Å². The number of piperazine rings is 1. The maximum Gasteiger partial charge on any atom is 0.276 e. The molecule has 3 amide bonds. The van der Waals surface area contributed by atoms with Crippen molar-refractivity contribution in [1.82, 2.24) is 29.7 Å². The molecule has 16 nitrogen and oxygen atoms in total. The van der Waals surface area contributed by atoms with E-state index in [2.05, 4.69) is 97.7 Å². The van der Waals surface area contributed by atoms with E-state index in [9.17, 15) is 19.5 Å². The van der Waals surface area contributed by atoms with Crippen molar-refractivity contribution in [1.29, 1.82) is 0 Å². The molecule has 7 heterocycles. The fourth-order valence-corrected chi connectivity index (χ4v) is 11.6. The number of hydrogen-bond donors (Lipinski definition) is 4. The summed E-state index contributed by atoms with van der Waals surface area (Å²) in [6.07, 6.45) is 8.39. The van der Waals surface area contributed by atoms with E-state index in [4.69, 9.17) is 9.72 Å². The van der Waals surface area contributed by atoms with E-state index in [-0.39, 0.29) is 47.2 Å². The largest absolute Gasteiger partial charge is 0.478 e. The van der Waals surface area contributed by atoms with Crippen molar-refractivity contribution in [3.63, 3.8) is 0 Å². The van der Waals surface area contributed by atoms with E-state index < -0.39 is 0 Å². The first-order valence-corrected chi connectivity index (χ1v) is 24.2. The average molecular weight is 934 g/mol. The van der Waals surface area contributed by atoms with Crippen LogP contribution in [-0.4, -0.2) is 105 Å². The molecule has 360 valence electrons. The molecule has 2 aromatic carbocycles. The number of amides is 3. The van der Waals surface area contributed by atoms with Crippen LogP contribution in [0.3, 0.4) is 0 Å². The Labute approximate surface area is 403 Å². The summed E-state index contributed by atoms with van der Waals surface area (Å²) in [5, 5.41) is 20.4. The minimum absolute atomic E-state index is 0.00473. The van der Waals surface area contributed by atoms with Gasteiger partial charge in [-0.05, 0) is 118 Å². The maximum absolute atomic E-state index is 14.1. The van der Waals surface area contributed by atoms with Crippen LogP contribution in [0.25, 0.3) is 11.3 Å². The third-order valence-corrected chi connectivity index (χ3v) is 15.0. The molecule has 4 aliphatic heterocycles. The number of pyridine rings is 1. The van der Waals surface area contributed by atoms with Gasteiger partial charge in [0.15, 0.2) is 5.82 Å². The number of ether oxygens (including phenoxy) is 1. The van der Waals surface area contributed by atoms with Crippen molar-refractivity contribution in [2.24, 2.45) is 5.41 Å². The molecule has 5 aromatic rings. The van der Waals surface area contributed by atoms with Gasteiger partial charge in [-0.25, -0.2) is 15.0 Å². The molecule has 5 aliphatic rings. The summed E-state index contributed by atoms with van der Waals surface area (Å²) in [5.41, 5.74) is 9.51. The number of nitrogens with zero attached hydrogens (tertiary/aromatic N) is 8. The molecule has 0 saturated carbocycles. The smallest absolute Gasteiger partial charge is 0.276 e. The Morgan fingerprint density at radius 3 is 2.54 bits per heavy atom. The van der Waals surface area contributed by atoms with Crippen LogP contribution in [0.5, 0.6) is 5.88 Å². The lowest BCUT2D eigenvalue weighted by Gasteiger charge is -2.48. The number of carbonyl (C=O) groups excluding carboxylic acids is 3. The summed E-state index contributed by atoms with van der Waals surface area (Å²) < 4.78 is 7.83. The number of anilines is 6. The molecule has 3 aromatic heterocycles. The highest BCUT2D eigenvalue weighted by Gasteiger charge is 2.40. The number of carbonyl (C=O) groups is 3. The van der Waals surface area contributed by atoms with Gasteiger partial charge in [0.1, 0.15) is 11.5 Å². The molecule has 2 fully saturated rings. The second-order valence-corrected chi connectivity index (χ2v) is 20.7. The van der Waals surface area contributed by atoms with E-state index in [1.54, 1.807) is 23.4 Å². The first kappa shape index (κ1) is 46.0. The lowest BCUT2D eigenvalue weighted by Crippen LogP contribution is -2.58. The van der Waals surface area contributed by atoms with Crippen LogP contribution in [0.2, 0.25) is 0 Å². The third kappa shape index (κ3) is 8.36. The van der Waals surface area contributed by atoms with Gasteiger partial charge in [0.2, 0.25) is 5.91 Å². The van der Waals surface area contributed by atoms with E-state index in [1.807, 2.05) is 38.1 Å². The number of piperidine rings is 1. The molecular weight excluding hydrogens is 871 g/mol. The number of benzene rings is 2. The number of nitrogens with one attached hydrogen (secondary N) is 3. The SMILES string of the molecule is C=CC(=O)Nc1cc(Nc2nc(-c3ccnc(N4CCn5c(cc6c5CC(C)(C)C6)C4=O)c3CO)cnc2OC)ccc1N1CCN(C2CCN(c3ccc4c(c3)C(=O)NC4(C)C)[C@H](C)C2)C[C@@H]1C. The number of fused-ring (bicyclic) bond motifs is 4. The second kappa shape index (κ2) is 17.6. The summed E-state index contributed by atoms with van der Waals surface area (Å²) >= 11 is 0. The zero-order valence-electron chi connectivity index (χ0n) is 40.7. The molecule has 10 rings (SSSR count). The number of hydrogen-bond acceptors (Lipinski definition) is 12. The Morgan fingerprint density at radius 2 is 1.78 bits per heavy atom. The predicted octanol–water partition coefficient (Wildman–Crippen LogP) is 7.04. The van der Waals surface area contributed by atoms with E-state index in [0.29, 0.717) is 70.7 Å². The molecule has 0 radical (unpaired) electrons. The van der Waals surface area contributed by atoms with Crippen molar-refractivity contribution in [2.75, 3.05) is 65.2 Å². The van der Waals surface area contributed by atoms with Gasteiger partial charge in [0.05, 0.1) is 42.5 Å². The van der Waals surface area contributed by atoms with Gasteiger partial charge < -0.3 is 40.2 Å². The Balaban J connectivity index is 0.850. The van der Waals surface area contributed by atoms with Gasteiger partial charge in [0, 0.05) is 97.3 Å². The van der Waals surface area contributed by atoms with Crippen LogP contribution in [-0.2, 0) is 36.3 Å². The lowest BCUT2D eigenvalue weighted by molar-refractivity contribution is -0.111. The van der Waals surface area contributed by atoms with Gasteiger partial charge in [-0.2, -0.15) is 0 Å². The number of aromatic nitrogens is 4. The molecule has 1 aliphatic carbocycles. The monoisotopic (exact) mass is 934 g/mol. The number of rotatable bonds is 11. The molecule has 2 saturated heterocycles. The number of aliphatic hydroxyl groups is 1.